The van der Waals surface area contributed by atoms with E-state index in [1.54, 1.807) is 4.90 Å². The van der Waals surface area contributed by atoms with E-state index in [9.17, 15) is 9.59 Å². The monoisotopic (exact) mass is 293 g/mol. The van der Waals surface area contributed by atoms with Crippen LogP contribution in [-0.4, -0.2) is 28.9 Å². The SMILES string of the molecule is CC(=O)SC1CC(=O)N(c2ccc(OC(C)C)cc2)C1. The summed E-state index contributed by atoms with van der Waals surface area (Å²) in [6.45, 7) is 6.08. The van der Waals surface area contributed by atoms with Crippen LogP contribution in [0.4, 0.5) is 5.69 Å². The molecule has 1 unspecified atom stereocenters. The summed E-state index contributed by atoms with van der Waals surface area (Å²) in [5.41, 5.74) is 0.859. The van der Waals surface area contributed by atoms with E-state index in [-0.39, 0.29) is 22.4 Å². The van der Waals surface area contributed by atoms with Crippen LogP contribution >= 0.6 is 11.8 Å². The zero-order valence-corrected chi connectivity index (χ0v) is 12.8. The number of anilines is 1. The molecule has 0 radical (unpaired) electrons. The topological polar surface area (TPSA) is 46.6 Å². The molecule has 1 saturated heterocycles. The maximum Gasteiger partial charge on any atom is 0.228 e. The van der Waals surface area contributed by atoms with Crippen LogP contribution in [0.15, 0.2) is 24.3 Å². The van der Waals surface area contributed by atoms with Crippen molar-refractivity contribution in [1.82, 2.24) is 0 Å². The second-order valence-electron chi connectivity index (χ2n) is 5.10. The van der Waals surface area contributed by atoms with Crippen molar-refractivity contribution in [2.75, 3.05) is 11.4 Å². The van der Waals surface area contributed by atoms with Gasteiger partial charge < -0.3 is 9.64 Å². The van der Waals surface area contributed by atoms with E-state index >= 15 is 0 Å². The van der Waals surface area contributed by atoms with Gasteiger partial charge in [0.1, 0.15) is 5.75 Å². The number of carbonyl (C=O) groups excluding carboxylic acids is 2. The van der Waals surface area contributed by atoms with Gasteiger partial charge in [0, 0.05) is 30.8 Å². The second kappa shape index (κ2) is 6.31. The van der Waals surface area contributed by atoms with Crippen molar-refractivity contribution in [3.05, 3.63) is 24.3 Å². The quantitative estimate of drug-likeness (QED) is 0.856. The van der Waals surface area contributed by atoms with Crippen molar-refractivity contribution in [3.8, 4) is 5.75 Å². The minimum atomic E-state index is 0.0605. The van der Waals surface area contributed by atoms with Crippen LogP contribution in [0.2, 0.25) is 0 Å². The number of benzene rings is 1. The van der Waals surface area contributed by atoms with Gasteiger partial charge in [-0.25, -0.2) is 0 Å². The molecule has 20 heavy (non-hydrogen) atoms. The maximum absolute atomic E-state index is 12.0. The van der Waals surface area contributed by atoms with E-state index in [1.807, 2.05) is 38.1 Å². The fourth-order valence-corrected chi connectivity index (χ4v) is 3.13. The fourth-order valence-electron chi connectivity index (χ4n) is 2.21. The highest BCUT2D eigenvalue weighted by Crippen LogP contribution is 2.29. The van der Waals surface area contributed by atoms with E-state index < -0.39 is 0 Å². The summed E-state index contributed by atoms with van der Waals surface area (Å²) in [4.78, 5) is 24.8. The number of thioether (sulfide) groups is 1. The molecule has 1 aromatic rings. The summed E-state index contributed by atoms with van der Waals surface area (Å²) in [7, 11) is 0. The average molecular weight is 293 g/mol. The standard InChI is InChI=1S/C15H19NO3S/c1-10(2)19-13-6-4-12(5-7-13)16-9-14(8-15(16)18)20-11(3)17/h4-7,10,14H,8-9H2,1-3H3. The molecule has 0 spiro atoms. The van der Waals surface area contributed by atoms with Crippen molar-refractivity contribution >= 4 is 28.5 Å². The molecule has 0 aliphatic carbocycles. The lowest BCUT2D eigenvalue weighted by Gasteiger charge is -2.17. The lowest BCUT2D eigenvalue weighted by molar-refractivity contribution is -0.117. The number of amides is 1. The first-order chi connectivity index (χ1) is 9.45. The Bertz CT molecular complexity index is 498. The van der Waals surface area contributed by atoms with Crippen LogP contribution < -0.4 is 9.64 Å². The molecule has 1 aliphatic rings. The van der Waals surface area contributed by atoms with E-state index in [2.05, 4.69) is 0 Å². The number of hydrogen-bond acceptors (Lipinski definition) is 4. The van der Waals surface area contributed by atoms with Crippen molar-refractivity contribution < 1.29 is 14.3 Å². The maximum atomic E-state index is 12.0. The zero-order chi connectivity index (χ0) is 14.7. The lowest BCUT2D eigenvalue weighted by atomic mass is 10.3. The molecular formula is C15H19NO3S. The molecule has 1 fully saturated rings. The Morgan fingerprint density at radius 1 is 1.35 bits per heavy atom. The summed E-state index contributed by atoms with van der Waals surface area (Å²) >= 11 is 1.25. The second-order valence-corrected chi connectivity index (χ2v) is 6.58. The number of carbonyl (C=O) groups is 2. The zero-order valence-electron chi connectivity index (χ0n) is 12.0. The van der Waals surface area contributed by atoms with Gasteiger partial charge in [-0.15, -0.1) is 0 Å². The number of ether oxygens (including phenoxy) is 1. The highest BCUT2D eigenvalue weighted by molar-refractivity contribution is 8.14. The normalized spacial score (nSPS) is 18.7. The van der Waals surface area contributed by atoms with Crippen molar-refractivity contribution in [2.45, 2.75) is 38.5 Å². The van der Waals surface area contributed by atoms with Gasteiger partial charge in [-0.05, 0) is 38.1 Å². The molecule has 1 aromatic carbocycles. The summed E-state index contributed by atoms with van der Waals surface area (Å²) in [6, 6.07) is 7.51. The third-order valence-corrected chi connectivity index (χ3v) is 3.92. The molecule has 0 N–H and O–H groups in total. The molecule has 4 nitrogen and oxygen atoms in total. The van der Waals surface area contributed by atoms with Gasteiger partial charge >= 0.3 is 0 Å². The van der Waals surface area contributed by atoms with Crippen molar-refractivity contribution in [2.24, 2.45) is 0 Å². The van der Waals surface area contributed by atoms with E-state index in [0.717, 1.165) is 11.4 Å². The van der Waals surface area contributed by atoms with Gasteiger partial charge in [0.05, 0.1) is 6.10 Å². The molecule has 108 valence electrons. The molecule has 0 aromatic heterocycles. The van der Waals surface area contributed by atoms with Crippen LogP contribution in [0, 0.1) is 0 Å². The van der Waals surface area contributed by atoms with E-state index in [4.69, 9.17) is 4.74 Å². The number of rotatable bonds is 4. The van der Waals surface area contributed by atoms with Crippen molar-refractivity contribution in [3.63, 3.8) is 0 Å². The fraction of sp³-hybridized carbons (Fsp3) is 0.467. The van der Waals surface area contributed by atoms with Gasteiger partial charge in [-0.2, -0.15) is 0 Å². The minimum Gasteiger partial charge on any atom is -0.491 e. The Morgan fingerprint density at radius 3 is 2.55 bits per heavy atom. The van der Waals surface area contributed by atoms with E-state index in [1.165, 1.54) is 18.7 Å². The van der Waals surface area contributed by atoms with Crippen LogP contribution in [0.3, 0.4) is 0 Å². The van der Waals surface area contributed by atoms with Crippen molar-refractivity contribution in [1.29, 1.82) is 0 Å². The highest BCUT2D eigenvalue weighted by atomic mass is 32.2. The molecule has 1 aliphatic heterocycles. The molecule has 5 heteroatoms. The van der Waals surface area contributed by atoms with E-state index in [0.29, 0.717) is 13.0 Å². The third-order valence-electron chi connectivity index (χ3n) is 2.94. The lowest BCUT2D eigenvalue weighted by Crippen LogP contribution is -2.24. The highest BCUT2D eigenvalue weighted by Gasteiger charge is 2.31. The molecular weight excluding hydrogens is 274 g/mol. The molecule has 1 heterocycles. The molecule has 0 saturated carbocycles. The smallest absolute Gasteiger partial charge is 0.228 e. The first-order valence-corrected chi connectivity index (χ1v) is 7.58. The molecule has 2 rings (SSSR count). The predicted octanol–water partition coefficient (Wildman–Crippen LogP) is 2.86. The summed E-state index contributed by atoms with van der Waals surface area (Å²) in [6.07, 6.45) is 0.555. The van der Waals surface area contributed by atoms with Crippen LogP contribution in [0.5, 0.6) is 5.75 Å². The Labute approximate surface area is 123 Å². The Kier molecular flexibility index (Phi) is 4.70. The minimum absolute atomic E-state index is 0.0605. The van der Waals surface area contributed by atoms with Gasteiger partial charge in [0.15, 0.2) is 5.12 Å². The summed E-state index contributed by atoms with van der Waals surface area (Å²) < 4.78 is 5.58. The average Bonchev–Trinajstić information content (AvgIpc) is 2.69. The predicted molar refractivity (Wildman–Crippen MR) is 81.2 cm³/mol. The largest absolute Gasteiger partial charge is 0.491 e. The number of nitrogens with zero attached hydrogens (tertiary/aromatic N) is 1. The number of hydrogen-bond donors (Lipinski definition) is 0. The Morgan fingerprint density at radius 2 is 2.00 bits per heavy atom. The van der Waals surface area contributed by atoms with Gasteiger partial charge in [-0.3, -0.25) is 9.59 Å². The van der Waals surface area contributed by atoms with Gasteiger partial charge in [0.2, 0.25) is 5.91 Å². The first kappa shape index (κ1) is 14.9. The van der Waals surface area contributed by atoms with Crippen LogP contribution in [0.1, 0.15) is 27.2 Å². The molecule has 0 bridgehead atoms. The summed E-state index contributed by atoms with van der Waals surface area (Å²) in [5, 5.41) is 0.122. The summed E-state index contributed by atoms with van der Waals surface area (Å²) in [5.74, 6) is 0.867. The third kappa shape index (κ3) is 3.76. The Balaban J connectivity index is 2.04. The Hall–Kier alpha value is -1.49. The molecule has 1 amide bonds. The van der Waals surface area contributed by atoms with Gasteiger partial charge in [-0.1, -0.05) is 11.8 Å². The van der Waals surface area contributed by atoms with Crippen LogP contribution in [0.25, 0.3) is 0 Å². The van der Waals surface area contributed by atoms with Gasteiger partial charge in [0.25, 0.3) is 0 Å². The first-order valence-electron chi connectivity index (χ1n) is 6.70. The van der Waals surface area contributed by atoms with Crippen LogP contribution in [-0.2, 0) is 9.59 Å². The molecule has 1 atom stereocenters.